The second kappa shape index (κ2) is 9.32. The molecular formula is C20H21NO2. The molecule has 0 aliphatic heterocycles. The Bertz CT molecular complexity index is 684. The average molecular weight is 307 g/mol. The third-order valence-corrected chi connectivity index (χ3v) is 3.35. The lowest BCUT2D eigenvalue weighted by Crippen LogP contribution is -2.24. The molecule has 0 heterocycles. The van der Waals surface area contributed by atoms with Crippen molar-refractivity contribution in [2.24, 2.45) is 0 Å². The maximum absolute atomic E-state index is 11.6. The standard InChI is InChI=1S/C20H21NO2/c1-2-18-12-6-7-13-19(18)14-8-9-15-21-20(22)23-16-17-10-4-3-5-11-17/h3-7,10-13H,2,9,15-16H2,1H3,(H,21,22). The van der Waals surface area contributed by atoms with Crippen LogP contribution in [0.5, 0.6) is 0 Å². The van der Waals surface area contributed by atoms with Crippen LogP contribution < -0.4 is 5.32 Å². The number of carbonyl (C=O) groups excluding carboxylic acids is 1. The molecule has 0 aliphatic rings. The molecule has 0 radical (unpaired) electrons. The molecule has 0 bridgehead atoms. The summed E-state index contributed by atoms with van der Waals surface area (Å²) in [5, 5.41) is 2.70. The molecule has 1 N–H and O–H groups in total. The quantitative estimate of drug-likeness (QED) is 0.671. The van der Waals surface area contributed by atoms with Crippen LogP contribution in [0.25, 0.3) is 0 Å². The molecule has 118 valence electrons. The van der Waals surface area contributed by atoms with Crippen molar-refractivity contribution >= 4 is 6.09 Å². The molecule has 1 amide bonds. The Morgan fingerprint density at radius 2 is 1.83 bits per heavy atom. The van der Waals surface area contributed by atoms with Gasteiger partial charge in [-0.25, -0.2) is 4.79 Å². The summed E-state index contributed by atoms with van der Waals surface area (Å²) >= 11 is 0. The maximum Gasteiger partial charge on any atom is 0.407 e. The fourth-order valence-electron chi connectivity index (χ4n) is 2.11. The molecule has 2 aromatic carbocycles. The van der Waals surface area contributed by atoms with Gasteiger partial charge in [0.05, 0.1) is 0 Å². The minimum absolute atomic E-state index is 0.280. The molecule has 23 heavy (non-hydrogen) atoms. The number of nitrogens with one attached hydrogen (secondary N) is 1. The Hall–Kier alpha value is -2.73. The Morgan fingerprint density at radius 1 is 1.09 bits per heavy atom. The van der Waals surface area contributed by atoms with E-state index in [4.69, 9.17) is 4.74 Å². The van der Waals surface area contributed by atoms with Gasteiger partial charge in [0.1, 0.15) is 6.61 Å². The normalized spacial score (nSPS) is 9.61. The molecule has 0 spiro atoms. The van der Waals surface area contributed by atoms with Crippen LogP contribution in [0, 0.1) is 11.8 Å². The summed E-state index contributed by atoms with van der Waals surface area (Å²) in [5.74, 6) is 6.24. The number of hydrogen-bond acceptors (Lipinski definition) is 2. The lowest BCUT2D eigenvalue weighted by molar-refractivity contribution is 0.140. The highest BCUT2D eigenvalue weighted by molar-refractivity contribution is 5.67. The van der Waals surface area contributed by atoms with Gasteiger partial charge in [-0.1, -0.05) is 67.3 Å². The van der Waals surface area contributed by atoms with Crippen LogP contribution in [0.3, 0.4) is 0 Å². The van der Waals surface area contributed by atoms with Gasteiger partial charge in [0.15, 0.2) is 0 Å². The van der Waals surface area contributed by atoms with E-state index in [0.29, 0.717) is 13.0 Å². The van der Waals surface area contributed by atoms with Crippen LogP contribution in [0.2, 0.25) is 0 Å². The van der Waals surface area contributed by atoms with E-state index in [9.17, 15) is 4.79 Å². The Morgan fingerprint density at radius 3 is 2.61 bits per heavy atom. The van der Waals surface area contributed by atoms with Gasteiger partial charge in [0.2, 0.25) is 0 Å². The fraction of sp³-hybridized carbons (Fsp3) is 0.250. The van der Waals surface area contributed by atoms with Crippen LogP contribution in [0.1, 0.15) is 30.0 Å². The molecule has 0 saturated heterocycles. The van der Waals surface area contributed by atoms with Crippen molar-refractivity contribution in [2.75, 3.05) is 6.54 Å². The molecule has 0 aromatic heterocycles. The molecule has 3 heteroatoms. The molecule has 0 atom stereocenters. The van der Waals surface area contributed by atoms with Gasteiger partial charge in [0.25, 0.3) is 0 Å². The van der Waals surface area contributed by atoms with E-state index < -0.39 is 6.09 Å². The molecule has 2 rings (SSSR count). The first-order valence-corrected chi connectivity index (χ1v) is 7.81. The zero-order valence-electron chi connectivity index (χ0n) is 13.3. The molecule has 0 aliphatic carbocycles. The van der Waals surface area contributed by atoms with E-state index in [1.807, 2.05) is 48.5 Å². The van der Waals surface area contributed by atoms with E-state index >= 15 is 0 Å². The predicted octanol–water partition coefficient (Wildman–Crippen LogP) is 3.92. The van der Waals surface area contributed by atoms with Crippen LogP contribution in [0.15, 0.2) is 54.6 Å². The van der Waals surface area contributed by atoms with Crippen LogP contribution in [-0.4, -0.2) is 12.6 Å². The first-order chi connectivity index (χ1) is 11.3. The topological polar surface area (TPSA) is 38.3 Å². The van der Waals surface area contributed by atoms with Gasteiger partial charge in [-0.2, -0.15) is 0 Å². The Kier molecular flexibility index (Phi) is 6.74. The monoisotopic (exact) mass is 307 g/mol. The number of hydrogen-bond donors (Lipinski definition) is 1. The molecule has 2 aromatic rings. The van der Waals surface area contributed by atoms with Gasteiger partial charge in [-0.15, -0.1) is 0 Å². The molecule has 0 unspecified atom stereocenters. The highest BCUT2D eigenvalue weighted by Gasteiger charge is 2.00. The highest BCUT2D eigenvalue weighted by atomic mass is 16.5. The van der Waals surface area contributed by atoms with E-state index in [0.717, 1.165) is 17.5 Å². The third kappa shape index (κ3) is 5.88. The summed E-state index contributed by atoms with van der Waals surface area (Å²) in [4.78, 5) is 11.6. The lowest BCUT2D eigenvalue weighted by atomic mass is 10.1. The minimum atomic E-state index is -0.412. The van der Waals surface area contributed by atoms with Gasteiger partial charge in [-0.05, 0) is 23.6 Å². The summed E-state index contributed by atoms with van der Waals surface area (Å²) in [5.41, 5.74) is 3.27. The summed E-state index contributed by atoms with van der Waals surface area (Å²) in [7, 11) is 0. The number of alkyl carbamates (subject to hydrolysis) is 1. The van der Waals surface area contributed by atoms with Crippen molar-refractivity contribution < 1.29 is 9.53 Å². The molecule has 0 saturated carbocycles. The van der Waals surface area contributed by atoms with Crippen molar-refractivity contribution in [3.05, 3.63) is 71.3 Å². The van der Waals surface area contributed by atoms with Gasteiger partial charge in [-0.3, -0.25) is 0 Å². The largest absolute Gasteiger partial charge is 0.445 e. The second-order valence-corrected chi connectivity index (χ2v) is 5.05. The Labute approximate surface area is 137 Å². The zero-order valence-corrected chi connectivity index (χ0v) is 13.3. The zero-order chi connectivity index (χ0) is 16.3. The van der Waals surface area contributed by atoms with E-state index in [1.165, 1.54) is 5.56 Å². The Balaban J connectivity index is 1.69. The third-order valence-electron chi connectivity index (χ3n) is 3.35. The summed E-state index contributed by atoms with van der Waals surface area (Å²) in [6.45, 7) is 2.88. The maximum atomic E-state index is 11.6. The first kappa shape index (κ1) is 16.6. The summed E-state index contributed by atoms with van der Waals surface area (Å²) < 4.78 is 5.13. The average Bonchev–Trinajstić information content (AvgIpc) is 2.61. The number of ether oxygens (including phenoxy) is 1. The van der Waals surface area contributed by atoms with Gasteiger partial charge >= 0.3 is 6.09 Å². The van der Waals surface area contributed by atoms with E-state index in [1.54, 1.807) is 0 Å². The fourth-order valence-corrected chi connectivity index (χ4v) is 2.11. The van der Waals surface area contributed by atoms with E-state index in [2.05, 4.69) is 30.1 Å². The first-order valence-electron chi connectivity index (χ1n) is 7.81. The van der Waals surface area contributed by atoms with Gasteiger partial charge < -0.3 is 10.1 Å². The smallest absolute Gasteiger partial charge is 0.407 e. The van der Waals surface area contributed by atoms with Crippen molar-refractivity contribution in [2.45, 2.75) is 26.4 Å². The SMILES string of the molecule is CCc1ccccc1C#CCCNC(=O)OCc1ccccc1. The van der Waals surface area contributed by atoms with Crippen molar-refractivity contribution in [3.63, 3.8) is 0 Å². The predicted molar refractivity (Wildman–Crippen MR) is 91.9 cm³/mol. The number of benzene rings is 2. The number of carbonyl (C=O) groups is 1. The van der Waals surface area contributed by atoms with Crippen LogP contribution in [-0.2, 0) is 17.8 Å². The number of aryl methyl sites for hydroxylation is 1. The van der Waals surface area contributed by atoms with Crippen LogP contribution in [0.4, 0.5) is 4.79 Å². The highest BCUT2D eigenvalue weighted by Crippen LogP contribution is 2.07. The van der Waals surface area contributed by atoms with Crippen molar-refractivity contribution in [1.82, 2.24) is 5.32 Å². The molecule has 3 nitrogen and oxygen atoms in total. The summed E-state index contributed by atoms with van der Waals surface area (Å²) in [6.07, 6.45) is 1.15. The molecular weight excluding hydrogens is 286 g/mol. The van der Waals surface area contributed by atoms with Crippen LogP contribution >= 0.6 is 0 Å². The van der Waals surface area contributed by atoms with E-state index in [-0.39, 0.29) is 6.61 Å². The van der Waals surface area contributed by atoms with Crippen molar-refractivity contribution in [1.29, 1.82) is 0 Å². The minimum Gasteiger partial charge on any atom is -0.445 e. The van der Waals surface area contributed by atoms with Gasteiger partial charge in [0, 0.05) is 18.5 Å². The number of amides is 1. The second-order valence-electron chi connectivity index (χ2n) is 5.05. The van der Waals surface area contributed by atoms with Crippen molar-refractivity contribution in [3.8, 4) is 11.8 Å². The number of rotatable bonds is 5. The summed E-state index contributed by atoms with van der Waals surface area (Å²) in [6, 6.07) is 17.7. The molecule has 0 fully saturated rings. The lowest BCUT2D eigenvalue weighted by Gasteiger charge is -2.05.